The van der Waals surface area contributed by atoms with E-state index in [4.69, 9.17) is 16.3 Å². The molecule has 1 N–H and O–H groups in total. The molecule has 2 aromatic carbocycles. The number of aromatic carboxylic acids is 1. The van der Waals surface area contributed by atoms with Gasteiger partial charge in [-0.3, -0.25) is 14.5 Å². The van der Waals surface area contributed by atoms with E-state index in [1.54, 1.807) is 42.5 Å². The van der Waals surface area contributed by atoms with E-state index < -0.39 is 17.1 Å². The van der Waals surface area contributed by atoms with Crippen molar-refractivity contribution in [3.63, 3.8) is 0 Å². The molecule has 1 saturated heterocycles. The van der Waals surface area contributed by atoms with Crippen LogP contribution in [0.1, 0.15) is 15.9 Å². The van der Waals surface area contributed by atoms with E-state index in [0.717, 1.165) is 16.7 Å². The zero-order chi connectivity index (χ0) is 19.4. The second kappa shape index (κ2) is 8.28. The number of carboxylic acid groups (broad SMARTS) is 1. The molecule has 27 heavy (non-hydrogen) atoms. The predicted molar refractivity (Wildman–Crippen MR) is 103 cm³/mol. The van der Waals surface area contributed by atoms with Crippen molar-refractivity contribution in [3.05, 3.63) is 69.6 Å². The van der Waals surface area contributed by atoms with Crippen LogP contribution in [0, 0.1) is 0 Å². The molecule has 1 fully saturated rings. The van der Waals surface area contributed by atoms with Crippen molar-refractivity contribution in [2.75, 3.05) is 13.2 Å². The first kappa shape index (κ1) is 19.0. The Morgan fingerprint density at radius 2 is 1.85 bits per heavy atom. The highest BCUT2D eigenvalue weighted by Crippen LogP contribution is 2.32. The lowest BCUT2D eigenvalue weighted by molar-refractivity contribution is -0.123. The van der Waals surface area contributed by atoms with E-state index in [0.29, 0.717) is 16.3 Å². The number of carbonyl (C=O) groups is 3. The molecule has 1 aliphatic rings. The van der Waals surface area contributed by atoms with E-state index >= 15 is 0 Å². The second-order valence-corrected chi connectivity index (χ2v) is 6.91. The lowest BCUT2D eigenvalue weighted by Crippen LogP contribution is -2.32. The molecule has 1 heterocycles. The van der Waals surface area contributed by atoms with Crippen LogP contribution in [-0.4, -0.2) is 40.3 Å². The van der Waals surface area contributed by atoms with Gasteiger partial charge in [0.05, 0.1) is 22.0 Å². The third-order valence-electron chi connectivity index (χ3n) is 3.76. The molecule has 0 saturated carbocycles. The van der Waals surface area contributed by atoms with E-state index in [9.17, 15) is 19.5 Å². The number of thioether (sulfide) groups is 1. The van der Waals surface area contributed by atoms with Crippen LogP contribution < -0.4 is 4.74 Å². The standard InChI is InChI=1S/C19H14ClNO5S/c20-14-7-3-4-8-15(14)26-10-9-21-17(22)16(27-19(21)25)11-12-5-1-2-6-13(12)18(23)24/h1-8,11H,9-10H2,(H,23,24)/b16-11-. The first-order valence-corrected chi connectivity index (χ1v) is 9.12. The Bertz CT molecular complexity index is 943. The van der Waals surface area contributed by atoms with E-state index in [1.807, 2.05) is 0 Å². The number of imide groups is 1. The molecule has 2 aromatic rings. The molecule has 0 radical (unpaired) electrons. The van der Waals surface area contributed by atoms with Crippen LogP contribution in [0.3, 0.4) is 0 Å². The summed E-state index contributed by atoms with van der Waals surface area (Å²) in [5, 5.41) is 9.24. The van der Waals surface area contributed by atoms with Crippen LogP contribution in [0.4, 0.5) is 4.79 Å². The zero-order valence-electron chi connectivity index (χ0n) is 13.9. The lowest BCUT2D eigenvalue weighted by Gasteiger charge is -2.13. The number of hydrogen-bond acceptors (Lipinski definition) is 5. The number of nitrogens with zero attached hydrogens (tertiary/aromatic N) is 1. The molecule has 1 aliphatic heterocycles. The SMILES string of the molecule is O=C(O)c1ccccc1/C=C1\SC(=O)N(CCOc2ccccc2Cl)C1=O. The van der Waals surface area contributed by atoms with Gasteiger partial charge >= 0.3 is 5.97 Å². The maximum absolute atomic E-state index is 12.5. The minimum absolute atomic E-state index is 0.0614. The van der Waals surface area contributed by atoms with Crippen molar-refractivity contribution in [1.82, 2.24) is 4.90 Å². The summed E-state index contributed by atoms with van der Waals surface area (Å²) < 4.78 is 5.51. The number of hydrogen-bond donors (Lipinski definition) is 1. The van der Waals surface area contributed by atoms with Crippen LogP contribution >= 0.6 is 23.4 Å². The largest absolute Gasteiger partial charge is 0.490 e. The molecule has 2 amide bonds. The molecule has 0 atom stereocenters. The Hall–Kier alpha value is -2.77. The average Bonchev–Trinajstić information content (AvgIpc) is 2.91. The highest BCUT2D eigenvalue weighted by molar-refractivity contribution is 8.18. The van der Waals surface area contributed by atoms with Gasteiger partial charge in [-0.1, -0.05) is 41.9 Å². The Morgan fingerprint density at radius 3 is 2.59 bits per heavy atom. The van der Waals surface area contributed by atoms with Gasteiger partial charge in [-0.2, -0.15) is 0 Å². The number of rotatable bonds is 6. The van der Waals surface area contributed by atoms with Gasteiger partial charge in [-0.15, -0.1) is 0 Å². The number of para-hydroxylation sites is 1. The van der Waals surface area contributed by atoms with Crippen LogP contribution in [0.25, 0.3) is 6.08 Å². The number of ether oxygens (including phenoxy) is 1. The summed E-state index contributed by atoms with van der Waals surface area (Å²) in [4.78, 5) is 37.2. The third kappa shape index (κ3) is 4.32. The monoisotopic (exact) mass is 403 g/mol. The normalized spacial score (nSPS) is 15.4. The molecular formula is C19H14ClNO5S. The minimum atomic E-state index is -1.10. The van der Waals surface area contributed by atoms with Gasteiger partial charge in [0.2, 0.25) is 0 Å². The summed E-state index contributed by atoms with van der Waals surface area (Å²) in [6.07, 6.45) is 1.42. The predicted octanol–water partition coefficient (Wildman–Crippen LogP) is 4.15. The van der Waals surface area contributed by atoms with Crippen molar-refractivity contribution in [2.24, 2.45) is 0 Å². The summed E-state index contributed by atoms with van der Waals surface area (Å²) in [6, 6.07) is 13.2. The molecule has 3 rings (SSSR count). The number of carbonyl (C=O) groups excluding carboxylic acids is 2. The average molecular weight is 404 g/mol. The zero-order valence-corrected chi connectivity index (χ0v) is 15.5. The summed E-state index contributed by atoms with van der Waals surface area (Å²) in [6.45, 7) is 0.161. The van der Waals surface area contributed by atoms with Crippen molar-refractivity contribution in [2.45, 2.75) is 0 Å². The molecule has 8 heteroatoms. The molecule has 0 bridgehead atoms. The van der Waals surface area contributed by atoms with Crippen LogP contribution in [0.15, 0.2) is 53.4 Å². The van der Waals surface area contributed by atoms with E-state index in [2.05, 4.69) is 0 Å². The summed E-state index contributed by atoms with van der Waals surface area (Å²) >= 11 is 6.77. The summed E-state index contributed by atoms with van der Waals surface area (Å²) in [5.41, 5.74) is 0.425. The fraction of sp³-hybridized carbons (Fsp3) is 0.105. The van der Waals surface area contributed by atoms with Crippen molar-refractivity contribution < 1.29 is 24.2 Å². The van der Waals surface area contributed by atoms with Gasteiger partial charge in [-0.05, 0) is 41.6 Å². The first-order valence-electron chi connectivity index (χ1n) is 7.92. The van der Waals surface area contributed by atoms with E-state index in [1.165, 1.54) is 12.1 Å². The topological polar surface area (TPSA) is 83.9 Å². The molecule has 0 unspecified atom stereocenters. The molecule has 0 aromatic heterocycles. The fourth-order valence-electron chi connectivity index (χ4n) is 2.46. The van der Waals surface area contributed by atoms with Crippen LogP contribution in [-0.2, 0) is 4.79 Å². The number of amides is 2. The number of carboxylic acids is 1. The van der Waals surface area contributed by atoms with Gasteiger partial charge in [0, 0.05) is 0 Å². The Balaban J connectivity index is 1.70. The van der Waals surface area contributed by atoms with Gasteiger partial charge in [0.15, 0.2) is 0 Å². The summed E-state index contributed by atoms with van der Waals surface area (Å²) in [5.74, 6) is -1.11. The molecule has 0 spiro atoms. The quantitative estimate of drug-likeness (QED) is 0.729. The molecular weight excluding hydrogens is 390 g/mol. The number of halogens is 1. The van der Waals surface area contributed by atoms with Gasteiger partial charge in [-0.25, -0.2) is 4.79 Å². The highest BCUT2D eigenvalue weighted by Gasteiger charge is 2.35. The van der Waals surface area contributed by atoms with Crippen LogP contribution in [0.2, 0.25) is 5.02 Å². The molecule has 0 aliphatic carbocycles. The van der Waals surface area contributed by atoms with Crippen molar-refractivity contribution >= 4 is 46.6 Å². The smallest absolute Gasteiger partial charge is 0.336 e. The first-order chi connectivity index (χ1) is 13.0. The Labute approximate surface area is 164 Å². The van der Waals surface area contributed by atoms with Crippen molar-refractivity contribution in [3.8, 4) is 5.75 Å². The Morgan fingerprint density at radius 1 is 1.15 bits per heavy atom. The minimum Gasteiger partial charge on any atom is -0.490 e. The fourth-order valence-corrected chi connectivity index (χ4v) is 3.51. The van der Waals surface area contributed by atoms with E-state index in [-0.39, 0.29) is 23.6 Å². The van der Waals surface area contributed by atoms with Crippen molar-refractivity contribution in [1.29, 1.82) is 0 Å². The molecule has 6 nitrogen and oxygen atoms in total. The van der Waals surface area contributed by atoms with Crippen LogP contribution in [0.5, 0.6) is 5.75 Å². The highest BCUT2D eigenvalue weighted by atomic mass is 35.5. The number of benzene rings is 2. The maximum Gasteiger partial charge on any atom is 0.336 e. The third-order valence-corrected chi connectivity index (χ3v) is 4.98. The summed E-state index contributed by atoms with van der Waals surface area (Å²) in [7, 11) is 0. The second-order valence-electron chi connectivity index (χ2n) is 5.50. The lowest BCUT2D eigenvalue weighted by atomic mass is 10.1. The van der Waals surface area contributed by atoms with Gasteiger partial charge < -0.3 is 9.84 Å². The maximum atomic E-state index is 12.5. The Kier molecular flexibility index (Phi) is 5.83. The van der Waals surface area contributed by atoms with Gasteiger partial charge in [0.25, 0.3) is 11.1 Å². The molecule has 138 valence electrons. The van der Waals surface area contributed by atoms with Gasteiger partial charge in [0.1, 0.15) is 12.4 Å².